The summed E-state index contributed by atoms with van der Waals surface area (Å²) in [6.07, 6.45) is 0.0197. The van der Waals surface area contributed by atoms with E-state index in [-0.39, 0.29) is 11.9 Å². The molecule has 0 aliphatic rings. The van der Waals surface area contributed by atoms with E-state index in [1.807, 2.05) is 32.0 Å². The molecule has 0 unspecified atom stereocenters. The van der Waals surface area contributed by atoms with Gasteiger partial charge in [0.2, 0.25) is 0 Å². The Hall–Kier alpha value is -2.03. The van der Waals surface area contributed by atoms with Gasteiger partial charge in [-0.25, -0.2) is 4.39 Å². The summed E-state index contributed by atoms with van der Waals surface area (Å²) in [5.74, 6) is 0.0883. The van der Waals surface area contributed by atoms with E-state index in [2.05, 4.69) is 0 Å². The standard InChI is InChI=1S/C15H15FO2/c1-10(2)18-15-6-4-3-5-13(15)12-8-7-11(17)9-14(12)16/h3-10,17H,1-2H3. The lowest BCUT2D eigenvalue weighted by Gasteiger charge is -2.14. The molecule has 0 aliphatic heterocycles. The van der Waals surface area contributed by atoms with E-state index in [1.54, 1.807) is 12.1 Å². The van der Waals surface area contributed by atoms with Gasteiger partial charge in [0.1, 0.15) is 17.3 Å². The summed E-state index contributed by atoms with van der Waals surface area (Å²) in [4.78, 5) is 0. The van der Waals surface area contributed by atoms with Crippen molar-refractivity contribution in [3.8, 4) is 22.6 Å². The van der Waals surface area contributed by atoms with Crippen LogP contribution in [0.5, 0.6) is 11.5 Å². The first-order valence-electron chi connectivity index (χ1n) is 5.82. The first-order valence-corrected chi connectivity index (χ1v) is 5.82. The second-order valence-electron chi connectivity index (χ2n) is 4.33. The van der Waals surface area contributed by atoms with Crippen LogP contribution in [0.3, 0.4) is 0 Å². The van der Waals surface area contributed by atoms with Crippen LogP contribution in [0, 0.1) is 5.82 Å². The molecule has 2 nitrogen and oxygen atoms in total. The number of para-hydroxylation sites is 1. The highest BCUT2D eigenvalue weighted by Crippen LogP contribution is 2.33. The Morgan fingerprint density at radius 3 is 2.44 bits per heavy atom. The molecule has 3 heteroatoms. The molecule has 0 atom stereocenters. The fraction of sp³-hybridized carbons (Fsp3) is 0.200. The van der Waals surface area contributed by atoms with Gasteiger partial charge in [-0.05, 0) is 32.0 Å². The van der Waals surface area contributed by atoms with Crippen molar-refractivity contribution in [2.45, 2.75) is 20.0 Å². The highest BCUT2D eigenvalue weighted by Gasteiger charge is 2.11. The van der Waals surface area contributed by atoms with Crippen LogP contribution < -0.4 is 4.74 Å². The van der Waals surface area contributed by atoms with Gasteiger partial charge in [-0.2, -0.15) is 0 Å². The average Bonchev–Trinajstić information content (AvgIpc) is 2.30. The van der Waals surface area contributed by atoms with Crippen LogP contribution in [0.4, 0.5) is 4.39 Å². The summed E-state index contributed by atoms with van der Waals surface area (Å²) in [6.45, 7) is 3.84. The molecule has 0 radical (unpaired) electrons. The van der Waals surface area contributed by atoms with Crippen molar-refractivity contribution in [1.29, 1.82) is 0 Å². The van der Waals surface area contributed by atoms with Crippen LogP contribution in [0.1, 0.15) is 13.8 Å². The Kier molecular flexibility index (Phi) is 3.51. The minimum absolute atomic E-state index is 0.0197. The number of rotatable bonds is 3. The summed E-state index contributed by atoms with van der Waals surface area (Å²) < 4.78 is 19.5. The third-order valence-corrected chi connectivity index (χ3v) is 2.49. The molecule has 2 aromatic carbocycles. The van der Waals surface area contributed by atoms with Gasteiger partial charge in [-0.15, -0.1) is 0 Å². The zero-order valence-electron chi connectivity index (χ0n) is 10.4. The lowest BCUT2D eigenvalue weighted by molar-refractivity contribution is 0.243. The molecule has 0 heterocycles. The lowest BCUT2D eigenvalue weighted by Crippen LogP contribution is -2.06. The van der Waals surface area contributed by atoms with E-state index in [4.69, 9.17) is 4.74 Å². The van der Waals surface area contributed by atoms with Gasteiger partial charge >= 0.3 is 0 Å². The normalized spacial score (nSPS) is 10.7. The number of halogens is 1. The molecular formula is C15H15FO2. The van der Waals surface area contributed by atoms with Crippen LogP contribution >= 0.6 is 0 Å². The van der Waals surface area contributed by atoms with Crippen LogP contribution in [0.2, 0.25) is 0 Å². The Morgan fingerprint density at radius 1 is 1.06 bits per heavy atom. The second kappa shape index (κ2) is 5.08. The highest BCUT2D eigenvalue weighted by atomic mass is 19.1. The molecule has 1 N–H and O–H groups in total. The van der Waals surface area contributed by atoms with Gasteiger partial charge in [0, 0.05) is 17.2 Å². The molecule has 94 valence electrons. The summed E-state index contributed by atoms with van der Waals surface area (Å²) in [5.41, 5.74) is 1.10. The average molecular weight is 246 g/mol. The van der Waals surface area contributed by atoms with Crippen molar-refractivity contribution < 1.29 is 14.2 Å². The van der Waals surface area contributed by atoms with Crippen molar-refractivity contribution in [3.05, 3.63) is 48.3 Å². The number of ether oxygens (including phenoxy) is 1. The maximum Gasteiger partial charge on any atom is 0.134 e. The Balaban J connectivity index is 2.49. The molecule has 0 saturated heterocycles. The van der Waals surface area contributed by atoms with Crippen molar-refractivity contribution in [2.75, 3.05) is 0 Å². The van der Waals surface area contributed by atoms with Crippen LogP contribution in [-0.4, -0.2) is 11.2 Å². The number of phenols is 1. The van der Waals surface area contributed by atoms with Crippen LogP contribution in [0.25, 0.3) is 11.1 Å². The smallest absolute Gasteiger partial charge is 0.134 e. The van der Waals surface area contributed by atoms with Crippen LogP contribution in [0.15, 0.2) is 42.5 Å². The largest absolute Gasteiger partial charge is 0.508 e. The first kappa shape index (κ1) is 12.4. The van der Waals surface area contributed by atoms with E-state index in [0.717, 1.165) is 6.07 Å². The van der Waals surface area contributed by atoms with E-state index in [9.17, 15) is 9.50 Å². The number of benzene rings is 2. The first-order chi connectivity index (χ1) is 8.58. The van der Waals surface area contributed by atoms with E-state index in [1.165, 1.54) is 6.07 Å². The van der Waals surface area contributed by atoms with E-state index in [0.29, 0.717) is 16.9 Å². The van der Waals surface area contributed by atoms with Gasteiger partial charge in [-0.1, -0.05) is 18.2 Å². The Bertz CT molecular complexity index is 550. The maximum absolute atomic E-state index is 13.8. The molecule has 0 aliphatic carbocycles. The molecule has 0 spiro atoms. The molecular weight excluding hydrogens is 231 g/mol. The van der Waals surface area contributed by atoms with Gasteiger partial charge in [-0.3, -0.25) is 0 Å². The SMILES string of the molecule is CC(C)Oc1ccccc1-c1ccc(O)cc1F. The second-order valence-corrected chi connectivity index (χ2v) is 4.33. The predicted molar refractivity (Wildman–Crippen MR) is 69.3 cm³/mol. The minimum Gasteiger partial charge on any atom is -0.508 e. The molecule has 18 heavy (non-hydrogen) atoms. The van der Waals surface area contributed by atoms with Gasteiger partial charge in [0.15, 0.2) is 0 Å². The summed E-state index contributed by atoms with van der Waals surface area (Å²) in [7, 11) is 0. The lowest BCUT2D eigenvalue weighted by atomic mass is 10.0. The van der Waals surface area contributed by atoms with E-state index < -0.39 is 5.82 Å². The quantitative estimate of drug-likeness (QED) is 0.887. The molecule has 0 aromatic heterocycles. The molecule has 2 aromatic rings. The van der Waals surface area contributed by atoms with E-state index >= 15 is 0 Å². The van der Waals surface area contributed by atoms with Crippen molar-refractivity contribution in [1.82, 2.24) is 0 Å². The number of aromatic hydroxyl groups is 1. The molecule has 0 bridgehead atoms. The number of phenolic OH excluding ortho intramolecular Hbond substituents is 1. The zero-order valence-corrected chi connectivity index (χ0v) is 10.4. The summed E-state index contributed by atoms with van der Waals surface area (Å²) >= 11 is 0. The van der Waals surface area contributed by atoms with Crippen molar-refractivity contribution >= 4 is 0 Å². The maximum atomic E-state index is 13.8. The van der Waals surface area contributed by atoms with Crippen molar-refractivity contribution in [3.63, 3.8) is 0 Å². The third-order valence-electron chi connectivity index (χ3n) is 2.49. The predicted octanol–water partition coefficient (Wildman–Crippen LogP) is 3.99. The Labute approximate surface area is 106 Å². The third kappa shape index (κ3) is 2.62. The fourth-order valence-corrected chi connectivity index (χ4v) is 1.77. The monoisotopic (exact) mass is 246 g/mol. The molecule has 0 fully saturated rings. The molecule has 2 rings (SSSR count). The minimum atomic E-state index is -0.463. The van der Waals surface area contributed by atoms with Crippen LogP contribution in [-0.2, 0) is 0 Å². The molecule has 0 amide bonds. The van der Waals surface area contributed by atoms with Gasteiger partial charge < -0.3 is 9.84 Å². The zero-order chi connectivity index (χ0) is 13.1. The van der Waals surface area contributed by atoms with Gasteiger partial charge in [0.05, 0.1) is 6.10 Å². The summed E-state index contributed by atoms with van der Waals surface area (Å²) in [5, 5.41) is 9.23. The van der Waals surface area contributed by atoms with Crippen molar-refractivity contribution in [2.24, 2.45) is 0 Å². The molecule has 0 saturated carbocycles. The number of hydrogen-bond acceptors (Lipinski definition) is 2. The fourth-order valence-electron chi connectivity index (χ4n) is 1.77. The Morgan fingerprint density at radius 2 is 1.78 bits per heavy atom. The highest BCUT2D eigenvalue weighted by molar-refractivity contribution is 5.71. The number of hydrogen-bond donors (Lipinski definition) is 1. The summed E-state index contributed by atoms with van der Waals surface area (Å²) in [6, 6.07) is 11.4. The topological polar surface area (TPSA) is 29.5 Å². The van der Waals surface area contributed by atoms with Gasteiger partial charge in [0.25, 0.3) is 0 Å².